The zero-order chi connectivity index (χ0) is 16.0. The molecule has 0 bridgehead atoms. The third-order valence-electron chi connectivity index (χ3n) is 4.10. The summed E-state index contributed by atoms with van der Waals surface area (Å²) in [6.07, 6.45) is -0.487. The first-order valence-corrected chi connectivity index (χ1v) is 7.24. The van der Waals surface area contributed by atoms with Crippen molar-refractivity contribution in [2.45, 2.75) is 26.9 Å². The van der Waals surface area contributed by atoms with E-state index in [4.69, 9.17) is 0 Å². The lowest BCUT2D eigenvalue weighted by Gasteiger charge is -2.32. The minimum absolute atomic E-state index is 0.0609. The third-order valence-corrected chi connectivity index (χ3v) is 4.10. The fourth-order valence-corrected chi connectivity index (χ4v) is 2.86. The number of fused-ring (bicyclic) bond motifs is 1. The number of aliphatic hydroxyl groups excluding tert-OH is 1. The van der Waals surface area contributed by atoms with Gasteiger partial charge in [0.25, 0.3) is 5.91 Å². The number of halogens is 1. The molecule has 1 amide bonds. The Morgan fingerprint density at radius 3 is 2.55 bits per heavy atom. The lowest BCUT2D eigenvalue weighted by atomic mass is 9.87. The molecule has 0 aliphatic carbocycles. The molecule has 0 spiro atoms. The summed E-state index contributed by atoms with van der Waals surface area (Å²) in [6.45, 7) is 5.57. The summed E-state index contributed by atoms with van der Waals surface area (Å²) in [7, 11) is 0. The van der Waals surface area contributed by atoms with Crippen LogP contribution in [0.5, 0.6) is 0 Å². The van der Waals surface area contributed by atoms with E-state index in [1.54, 1.807) is 24.1 Å². The van der Waals surface area contributed by atoms with Gasteiger partial charge in [-0.25, -0.2) is 9.40 Å². The van der Waals surface area contributed by atoms with Crippen molar-refractivity contribution in [2.24, 2.45) is 16.9 Å². The number of benzene rings is 1. The maximum absolute atomic E-state index is 13.1. The Hall–Kier alpha value is -2.37. The first-order chi connectivity index (χ1) is 10.4. The normalized spacial score (nSPS) is 24.5. The van der Waals surface area contributed by atoms with Gasteiger partial charge in [0.15, 0.2) is 0 Å². The number of nitrogens with zero attached hydrogens (tertiary/aromatic N) is 2. The molecular formula is C16H18FN3O2. The summed E-state index contributed by atoms with van der Waals surface area (Å²) in [6, 6.07) is 5.90. The van der Waals surface area contributed by atoms with Crippen molar-refractivity contribution in [3.63, 3.8) is 0 Å². The van der Waals surface area contributed by atoms with E-state index in [1.807, 2.05) is 13.8 Å². The van der Waals surface area contributed by atoms with Crippen LogP contribution >= 0.6 is 0 Å². The van der Waals surface area contributed by atoms with E-state index >= 15 is 0 Å². The van der Waals surface area contributed by atoms with E-state index in [0.29, 0.717) is 11.3 Å². The average molecular weight is 303 g/mol. The minimum atomic E-state index is -0.487. The number of hydrogen-bond donors (Lipinski definition) is 2. The minimum Gasteiger partial charge on any atom is -0.511 e. The summed E-state index contributed by atoms with van der Waals surface area (Å²) in [4.78, 5) is 12.0. The quantitative estimate of drug-likeness (QED) is 0.882. The molecule has 6 heteroatoms. The highest BCUT2D eigenvalue weighted by Crippen LogP contribution is 2.36. The fourth-order valence-electron chi connectivity index (χ4n) is 2.86. The van der Waals surface area contributed by atoms with Gasteiger partial charge < -0.3 is 10.4 Å². The predicted molar refractivity (Wildman–Crippen MR) is 81.9 cm³/mol. The number of carbonyl (C=O) groups excluding carboxylic acids is 1. The second-order valence-electron chi connectivity index (χ2n) is 5.91. The Bertz CT molecular complexity index is 679. The van der Waals surface area contributed by atoms with Gasteiger partial charge in [-0.15, -0.1) is 0 Å². The van der Waals surface area contributed by atoms with Crippen molar-refractivity contribution in [1.29, 1.82) is 0 Å². The van der Waals surface area contributed by atoms with Gasteiger partial charge in [0, 0.05) is 0 Å². The van der Waals surface area contributed by atoms with Gasteiger partial charge in [-0.3, -0.25) is 4.79 Å². The molecule has 2 unspecified atom stereocenters. The first kappa shape index (κ1) is 14.6. The Kier molecular flexibility index (Phi) is 3.39. The SMILES string of the molecule is CC1=C(O)C2C(C(C)C)=NN(c3ccc(F)cc3)C2NC1=O. The van der Waals surface area contributed by atoms with Crippen LogP contribution in [0.3, 0.4) is 0 Å². The van der Waals surface area contributed by atoms with Crippen LogP contribution in [0.2, 0.25) is 0 Å². The lowest BCUT2D eigenvalue weighted by molar-refractivity contribution is -0.119. The molecule has 0 saturated carbocycles. The number of carbonyl (C=O) groups is 1. The van der Waals surface area contributed by atoms with E-state index in [9.17, 15) is 14.3 Å². The van der Waals surface area contributed by atoms with Crippen LogP contribution in [-0.2, 0) is 4.79 Å². The molecule has 1 aromatic carbocycles. The molecule has 2 aliphatic heterocycles. The monoisotopic (exact) mass is 303 g/mol. The Labute approximate surface area is 128 Å². The molecular weight excluding hydrogens is 285 g/mol. The van der Waals surface area contributed by atoms with Gasteiger partial charge in [-0.2, -0.15) is 5.10 Å². The van der Waals surface area contributed by atoms with Crippen LogP contribution < -0.4 is 10.3 Å². The standard InChI is InChI=1S/C16H18FN3O2/c1-8(2)13-12-14(21)9(3)16(22)18-15(12)20(19-13)11-6-4-10(17)5-7-11/h4-8,12,15,21H,1-3H3,(H,18,22). The van der Waals surface area contributed by atoms with Crippen LogP contribution in [0.1, 0.15) is 20.8 Å². The highest BCUT2D eigenvalue weighted by Gasteiger charge is 2.46. The van der Waals surface area contributed by atoms with Crippen molar-refractivity contribution in [3.05, 3.63) is 41.4 Å². The number of nitrogens with one attached hydrogen (secondary N) is 1. The molecule has 3 rings (SSSR count). The van der Waals surface area contributed by atoms with Gasteiger partial charge in [-0.05, 0) is 37.1 Å². The zero-order valence-electron chi connectivity index (χ0n) is 12.7. The van der Waals surface area contributed by atoms with E-state index in [-0.39, 0.29) is 29.3 Å². The number of rotatable bonds is 2. The molecule has 2 heterocycles. The molecule has 0 aromatic heterocycles. The van der Waals surface area contributed by atoms with Gasteiger partial charge in [0.1, 0.15) is 17.7 Å². The molecule has 0 fully saturated rings. The van der Waals surface area contributed by atoms with Gasteiger partial charge in [0.2, 0.25) is 0 Å². The number of anilines is 1. The largest absolute Gasteiger partial charge is 0.511 e. The highest BCUT2D eigenvalue weighted by molar-refractivity contribution is 6.02. The van der Waals surface area contributed by atoms with Crippen LogP contribution in [0.4, 0.5) is 10.1 Å². The second-order valence-corrected chi connectivity index (χ2v) is 5.91. The topological polar surface area (TPSA) is 64.9 Å². The second kappa shape index (κ2) is 5.12. The van der Waals surface area contributed by atoms with E-state index in [0.717, 1.165) is 5.71 Å². The molecule has 0 radical (unpaired) electrons. The summed E-state index contributed by atoms with van der Waals surface area (Å²) in [5, 5.41) is 19.5. The average Bonchev–Trinajstić information content (AvgIpc) is 2.85. The number of aliphatic hydroxyl groups is 1. The smallest absolute Gasteiger partial charge is 0.251 e. The van der Waals surface area contributed by atoms with Gasteiger partial charge in [-0.1, -0.05) is 13.8 Å². The summed E-state index contributed by atoms with van der Waals surface area (Å²) >= 11 is 0. The highest BCUT2D eigenvalue weighted by atomic mass is 19.1. The van der Waals surface area contributed by atoms with Crippen LogP contribution in [0, 0.1) is 17.7 Å². The maximum atomic E-state index is 13.1. The summed E-state index contributed by atoms with van der Waals surface area (Å²) in [5.41, 5.74) is 1.78. The van der Waals surface area contributed by atoms with E-state index < -0.39 is 6.17 Å². The van der Waals surface area contributed by atoms with Crippen LogP contribution in [-0.4, -0.2) is 22.9 Å². The molecule has 0 saturated heterocycles. The number of hydrazone groups is 1. The van der Waals surface area contributed by atoms with Gasteiger partial charge in [0.05, 0.1) is 22.9 Å². The lowest BCUT2D eigenvalue weighted by Crippen LogP contribution is -2.53. The van der Waals surface area contributed by atoms with Crippen molar-refractivity contribution in [2.75, 3.05) is 5.01 Å². The summed E-state index contributed by atoms with van der Waals surface area (Å²) < 4.78 is 13.1. The fraction of sp³-hybridized carbons (Fsp3) is 0.375. The molecule has 22 heavy (non-hydrogen) atoms. The Balaban J connectivity index is 2.06. The van der Waals surface area contributed by atoms with Crippen LogP contribution in [0.15, 0.2) is 40.7 Å². The zero-order valence-corrected chi connectivity index (χ0v) is 12.7. The Morgan fingerprint density at radius 2 is 1.95 bits per heavy atom. The Morgan fingerprint density at radius 1 is 1.32 bits per heavy atom. The first-order valence-electron chi connectivity index (χ1n) is 7.24. The van der Waals surface area contributed by atoms with Crippen molar-refractivity contribution in [1.82, 2.24) is 5.32 Å². The molecule has 1 aromatic rings. The summed E-state index contributed by atoms with van der Waals surface area (Å²) in [5.74, 6) is -0.846. The van der Waals surface area contributed by atoms with Crippen molar-refractivity contribution < 1.29 is 14.3 Å². The molecule has 116 valence electrons. The predicted octanol–water partition coefficient (Wildman–Crippen LogP) is 2.56. The molecule has 2 N–H and O–H groups in total. The van der Waals surface area contributed by atoms with E-state index in [1.165, 1.54) is 12.1 Å². The van der Waals surface area contributed by atoms with Crippen molar-refractivity contribution in [3.8, 4) is 0 Å². The van der Waals surface area contributed by atoms with Crippen LogP contribution in [0.25, 0.3) is 0 Å². The molecule has 5 nitrogen and oxygen atoms in total. The van der Waals surface area contributed by atoms with Crippen molar-refractivity contribution >= 4 is 17.3 Å². The third kappa shape index (κ3) is 2.15. The molecule has 2 aliphatic rings. The maximum Gasteiger partial charge on any atom is 0.251 e. The number of amides is 1. The molecule has 2 atom stereocenters. The van der Waals surface area contributed by atoms with E-state index in [2.05, 4.69) is 10.4 Å². The number of hydrogen-bond acceptors (Lipinski definition) is 4. The van der Waals surface area contributed by atoms with Gasteiger partial charge >= 0.3 is 0 Å².